The van der Waals surface area contributed by atoms with Gasteiger partial charge in [-0.25, -0.2) is 0 Å². The van der Waals surface area contributed by atoms with Crippen molar-refractivity contribution in [3.63, 3.8) is 0 Å². The second-order valence-corrected chi connectivity index (χ2v) is 3.67. The van der Waals surface area contributed by atoms with Gasteiger partial charge in [0.15, 0.2) is 6.29 Å². The topological polar surface area (TPSA) is 108 Å². The number of amides is 1. The number of aliphatic hydroxyl groups excluding tert-OH is 3. The van der Waals surface area contributed by atoms with E-state index in [2.05, 4.69) is 5.32 Å². The molecule has 0 aromatic heterocycles. The molecule has 1 rings (SSSR count). The summed E-state index contributed by atoms with van der Waals surface area (Å²) in [7, 11) is 1.36. The third kappa shape index (κ3) is 2.69. The lowest BCUT2D eigenvalue weighted by atomic mass is 10.0. The van der Waals surface area contributed by atoms with Gasteiger partial charge in [-0.15, -0.1) is 0 Å². The van der Waals surface area contributed by atoms with Crippen LogP contribution in [0.1, 0.15) is 6.92 Å². The van der Waals surface area contributed by atoms with Gasteiger partial charge in [-0.05, 0) is 0 Å². The Bertz CT molecular complexity index is 248. The fourth-order valence-corrected chi connectivity index (χ4v) is 1.70. The zero-order chi connectivity index (χ0) is 12.3. The SMILES string of the molecule is CO[C@H]1O[C@@H]([C@H](O)CO)[C@H](O)[C@H]1NC(C)=O. The van der Waals surface area contributed by atoms with Gasteiger partial charge >= 0.3 is 0 Å². The number of carbonyl (C=O) groups excluding carboxylic acids is 1. The summed E-state index contributed by atoms with van der Waals surface area (Å²) in [6, 6.07) is -0.756. The Hall–Kier alpha value is -0.730. The van der Waals surface area contributed by atoms with Gasteiger partial charge in [0.1, 0.15) is 24.4 Å². The van der Waals surface area contributed by atoms with Gasteiger partial charge in [0.05, 0.1) is 6.61 Å². The normalized spacial score (nSPS) is 36.1. The highest BCUT2D eigenvalue weighted by atomic mass is 16.7. The third-order valence-electron chi connectivity index (χ3n) is 2.46. The van der Waals surface area contributed by atoms with Crippen LogP contribution in [0.15, 0.2) is 0 Å². The van der Waals surface area contributed by atoms with Crippen LogP contribution in [0.2, 0.25) is 0 Å². The maximum absolute atomic E-state index is 10.9. The molecule has 0 saturated carbocycles. The summed E-state index contributed by atoms with van der Waals surface area (Å²) in [4.78, 5) is 10.9. The summed E-state index contributed by atoms with van der Waals surface area (Å²) >= 11 is 0. The van der Waals surface area contributed by atoms with E-state index in [-0.39, 0.29) is 5.91 Å². The highest BCUT2D eigenvalue weighted by Crippen LogP contribution is 2.24. The molecule has 1 heterocycles. The summed E-state index contributed by atoms with van der Waals surface area (Å²) in [6.07, 6.45) is -4.17. The smallest absolute Gasteiger partial charge is 0.217 e. The number of nitrogens with one attached hydrogen (secondary N) is 1. The van der Waals surface area contributed by atoms with E-state index in [9.17, 15) is 15.0 Å². The number of hydrogen-bond donors (Lipinski definition) is 4. The second-order valence-electron chi connectivity index (χ2n) is 3.67. The fraction of sp³-hybridized carbons (Fsp3) is 0.889. The lowest BCUT2D eigenvalue weighted by Gasteiger charge is -2.20. The number of hydrogen-bond acceptors (Lipinski definition) is 6. The molecular formula is C9H17NO6. The van der Waals surface area contributed by atoms with Crippen LogP contribution in [0.4, 0.5) is 0 Å². The van der Waals surface area contributed by atoms with Gasteiger partial charge in [0.2, 0.25) is 5.91 Å². The quantitative estimate of drug-likeness (QED) is 0.432. The first-order chi connectivity index (χ1) is 7.51. The van der Waals surface area contributed by atoms with Gasteiger partial charge < -0.3 is 30.1 Å². The first-order valence-electron chi connectivity index (χ1n) is 4.93. The van der Waals surface area contributed by atoms with Crippen molar-refractivity contribution >= 4 is 5.91 Å². The van der Waals surface area contributed by atoms with Crippen LogP contribution in [0, 0.1) is 0 Å². The van der Waals surface area contributed by atoms with Gasteiger partial charge in [0.25, 0.3) is 0 Å². The summed E-state index contributed by atoms with van der Waals surface area (Å²) in [5, 5.41) is 30.4. The van der Waals surface area contributed by atoms with Crippen molar-refractivity contribution < 1.29 is 29.6 Å². The number of carbonyl (C=O) groups is 1. The first kappa shape index (κ1) is 13.3. The standard InChI is InChI=1S/C9H17NO6/c1-4(12)10-6-7(14)8(5(13)3-11)16-9(6)15-2/h5-9,11,13-14H,3H2,1-2H3,(H,10,12)/t5-,6-,7-,8+,9+/m1/s1. The zero-order valence-corrected chi connectivity index (χ0v) is 9.16. The van der Waals surface area contributed by atoms with Crippen molar-refractivity contribution in [1.29, 1.82) is 0 Å². The van der Waals surface area contributed by atoms with Gasteiger partial charge in [-0.1, -0.05) is 0 Å². The molecule has 0 aliphatic carbocycles. The Morgan fingerprint density at radius 2 is 2.25 bits per heavy atom. The molecule has 0 bridgehead atoms. The van der Waals surface area contributed by atoms with Crippen LogP contribution >= 0.6 is 0 Å². The van der Waals surface area contributed by atoms with Gasteiger partial charge in [0, 0.05) is 14.0 Å². The van der Waals surface area contributed by atoms with Crippen molar-refractivity contribution in [2.45, 2.75) is 37.6 Å². The maximum Gasteiger partial charge on any atom is 0.217 e. The molecule has 1 amide bonds. The van der Waals surface area contributed by atoms with Crippen LogP contribution in [-0.2, 0) is 14.3 Å². The van der Waals surface area contributed by atoms with Crippen molar-refractivity contribution in [3.05, 3.63) is 0 Å². The van der Waals surface area contributed by atoms with Crippen molar-refractivity contribution in [1.82, 2.24) is 5.32 Å². The van der Waals surface area contributed by atoms with Gasteiger partial charge in [-0.2, -0.15) is 0 Å². The minimum Gasteiger partial charge on any atom is -0.394 e. The highest BCUT2D eigenvalue weighted by molar-refractivity contribution is 5.73. The first-order valence-corrected chi connectivity index (χ1v) is 4.93. The average molecular weight is 235 g/mol. The lowest BCUT2D eigenvalue weighted by molar-refractivity contribution is -0.155. The molecule has 0 unspecified atom stereocenters. The molecule has 1 fully saturated rings. The fourth-order valence-electron chi connectivity index (χ4n) is 1.70. The second kappa shape index (κ2) is 5.55. The number of ether oxygens (including phenoxy) is 2. The minimum absolute atomic E-state index is 0.339. The predicted molar refractivity (Wildman–Crippen MR) is 52.4 cm³/mol. The van der Waals surface area contributed by atoms with Crippen LogP contribution in [0.25, 0.3) is 0 Å². The Morgan fingerprint density at radius 1 is 1.62 bits per heavy atom. The summed E-state index contributed by atoms with van der Waals surface area (Å²) < 4.78 is 10.1. The molecule has 0 radical (unpaired) electrons. The zero-order valence-electron chi connectivity index (χ0n) is 9.16. The Morgan fingerprint density at radius 3 is 2.69 bits per heavy atom. The van der Waals surface area contributed by atoms with Crippen LogP contribution in [0.5, 0.6) is 0 Å². The summed E-state index contributed by atoms with van der Waals surface area (Å²) in [5.41, 5.74) is 0. The Kier molecular flexibility index (Phi) is 4.63. The summed E-state index contributed by atoms with van der Waals surface area (Å²) in [6.45, 7) is 0.764. The monoisotopic (exact) mass is 235 g/mol. The van der Waals surface area contributed by atoms with Gasteiger partial charge in [-0.3, -0.25) is 4.79 Å². The van der Waals surface area contributed by atoms with Crippen molar-refractivity contribution in [2.75, 3.05) is 13.7 Å². The average Bonchev–Trinajstić information content (AvgIpc) is 2.55. The molecule has 7 nitrogen and oxygen atoms in total. The maximum atomic E-state index is 10.9. The van der Waals surface area contributed by atoms with Crippen LogP contribution < -0.4 is 5.32 Å². The van der Waals surface area contributed by atoms with Crippen LogP contribution in [0.3, 0.4) is 0 Å². The van der Waals surface area contributed by atoms with E-state index in [1.807, 2.05) is 0 Å². The molecule has 5 atom stereocenters. The van der Waals surface area contributed by atoms with E-state index in [1.54, 1.807) is 0 Å². The Balaban J connectivity index is 2.72. The third-order valence-corrected chi connectivity index (χ3v) is 2.46. The molecule has 4 N–H and O–H groups in total. The number of aliphatic hydroxyl groups is 3. The van der Waals surface area contributed by atoms with E-state index >= 15 is 0 Å². The summed E-state index contributed by atoms with van der Waals surface area (Å²) in [5.74, 6) is -0.339. The molecule has 0 aromatic carbocycles. The molecule has 94 valence electrons. The number of methoxy groups -OCH3 is 1. The minimum atomic E-state index is -1.22. The van der Waals surface area contributed by atoms with E-state index < -0.39 is 37.3 Å². The van der Waals surface area contributed by atoms with E-state index in [0.29, 0.717) is 0 Å². The highest BCUT2D eigenvalue weighted by Gasteiger charge is 2.47. The predicted octanol–water partition coefficient (Wildman–Crippen LogP) is -2.42. The molecule has 1 saturated heterocycles. The van der Waals surface area contributed by atoms with E-state index in [1.165, 1.54) is 14.0 Å². The molecule has 1 aliphatic rings. The molecule has 0 spiro atoms. The molecule has 1 aliphatic heterocycles. The lowest BCUT2D eigenvalue weighted by Crippen LogP contribution is -2.49. The van der Waals surface area contributed by atoms with E-state index in [4.69, 9.17) is 14.6 Å². The van der Waals surface area contributed by atoms with Crippen LogP contribution in [-0.4, -0.2) is 65.6 Å². The number of rotatable bonds is 4. The van der Waals surface area contributed by atoms with Crippen molar-refractivity contribution in [2.24, 2.45) is 0 Å². The molecule has 0 aromatic rings. The Labute approximate surface area is 93.0 Å². The largest absolute Gasteiger partial charge is 0.394 e. The molecule has 7 heteroatoms. The van der Waals surface area contributed by atoms with E-state index in [0.717, 1.165) is 0 Å². The molecular weight excluding hydrogens is 218 g/mol. The van der Waals surface area contributed by atoms with Crippen molar-refractivity contribution in [3.8, 4) is 0 Å². The molecule has 16 heavy (non-hydrogen) atoms.